The quantitative estimate of drug-likeness (QED) is 0.254. The van der Waals surface area contributed by atoms with E-state index >= 15 is 0 Å². The number of thiazole rings is 1. The van der Waals surface area contributed by atoms with Crippen molar-refractivity contribution in [2.24, 2.45) is 0 Å². The second kappa shape index (κ2) is 9.49. The molecule has 0 aliphatic carbocycles. The number of imidazole rings is 1. The van der Waals surface area contributed by atoms with E-state index < -0.39 is 0 Å². The molecule has 0 aliphatic heterocycles. The number of fused-ring (bicyclic) bond motifs is 1. The summed E-state index contributed by atoms with van der Waals surface area (Å²) in [7, 11) is 0. The molecule has 4 aromatic heterocycles. The molecule has 10 heteroatoms. The fraction of sp³-hybridized carbons (Fsp3) is 0.0714. The summed E-state index contributed by atoms with van der Waals surface area (Å²) < 4.78 is 3.72. The van der Waals surface area contributed by atoms with E-state index in [0.717, 1.165) is 44.1 Å². The zero-order valence-corrected chi connectivity index (χ0v) is 21.5. The number of amides is 1. The molecular weight excluding hydrogens is 496 g/mol. The molecule has 0 saturated heterocycles. The normalized spacial score (nSPS) is 11.1. The number of nitrogen functional groups attached to an aromatic ring is 1. The summed E-state index contributed by atoms with van der Waals surface area (Å²) in [5.74, 6) is 0.0200. The van der Waals surface area contributed by atoms with Crippen LogP contribution in [0.3, 0.4) is 0 Å². The Morgan fingerprint density at radius 2 is 1.68 bits per heavy atom. The third kappa shape index (κ3) is 4.37. The van der Waals surface area contributed by atoms with Crippen LogP contribution in [-0.4, -0.2) is 30.1 Å². The summed E-state index contributed by atoms with van der Waals surface area (Å²) in [6, 6.07) is 22.7. The van der Waals surface area contributed by atoms with Crippen molar-refractivity contribution in [3.05, 3.63) is 102 Å². The van der Waals surface area contributed by atoms with Crippen LogP contribution in [-0.2, 0) is 0 Å². The van der Waals surface area contributed by atoms with E-state index in [1.54, 1.807) is 34.3 Å². The minimum absolute atomic E-state index is 0.294. The molecule has 2 aromatic carbocycles. The maximum atomic E-state index is 12.8. The lowest BCUT2D eigenvalue weighted by molar-refractivity contribution is 0.102. The first kappa shape index (κ1) is 23.4. The Kier molecular flexibility index (Phi) is 5.85. The molecule has 188 valence electrons. The number of pyridine rings is 1. The van der Waals surface area contributed by atoms with Crippen LogP contribution in [0.2, 0.25) is 0 Å². The van der Waals surface area contributed by atoms with Gasteiger partial charge in [-0.1, -0.05) is 35.6 Å². The van der Waals surface area contributed by atoms with Gasteiger partial charge in [-0.3, -0.25) is 9.20 Å². The standard InChI is InChI=1S/C28H24N8OS/c1-17-24(35-15-7-6-10-23(35)30-17)25-18(2)31-28(38-25)32-20-13-11-19(12-14-20)27(37)33-26-22(29)16-36(34-26)21-8-4-3-5-9-21/h3-16H,29H2,1-2H3,(H,31,32)(H,33,34,37). The molecule has 0 fully saturated rings. The number of aryl methyl sites for hydroxylation is 2. The number of nitrogens with two attached hydrogens (primary N) is 1. The fourth-order valence-electron chi connectivity index (χ4n) is 4.26. The minimum Gasteiger partial charge on any atom is -0.394 e. The number of nitrogens with one attached hydrogen (secondary N) is 2. The number of aromatic nitrogens is 5. The van der Waals surface area contributed by atoms with Crippen LogP contribution >= 0.6 is 11.3 Å². The zero-order chi connectivity index (χ0) is 26.2. The molecule has 0 unspecified atom stereocenters. The largest absolute Gasteiger partial charge is 0.394 e. The molecule has 0 atom stereocenters. The Morgan fingerprint density at radius 3 is 2.47 bits per heavy atom. The number of nitrogens with zero attached hydrogens (tertiary/aromatic N) is 5. The maximum absolute atomic E-state index is 12.8. The van der Waals surface area contributed by atoms with Crippen molar-refractivity contribution in [2.75, 3.05) is 16.4 Å². The lowest BCUT2D eigenvalue weighted by Crippen LogP contribution is -2.13. The lowest BCUT2D eigenvalue weighted by atomic mass is 10.2. The number of carbonyl (C=O) groups excluding carboxylic acids is 1. The van der Waals surface area contributed by atoms with Gasteiger partial charge in [0.15, 0.2) is 10.9 Å². The Hall–Kier alpha value is -4.96. The van der Waals surface area contributed by atoms with E-state index in [0.29, 0.717) is 17.1 Å². The number of hydrogen-bond donors (Lipinski definition) is 3. The average Bonchev–Trinajstić information content (AvgIpc) is 3.58. The molecule has 4 N–H and O–H groups in total. The van der Waals surface area contributed by atoms with E-state index in [1.807, 2.05) is 80.7 Å². The summed E-state index contributed by atoms with van der Waals surface area (Å²) in [6.07, 6.45) is 3.69. The second-order valence-electron chi connectivity index (χ2n) is 8.78. The van der Waals surface area contributed by atoms with Crippen molar-refractivity contribution < 1.29 is 4.79 Å². The number of rotatable bonds is 6. The van der Waals surface area contributed by atoms with Crippen LogP contribution in [0, 0.1) is 13.8 Å². The Morgan fingerprint density at radius 1 is 0.921 bits per heavy atom. The van der Waals surface area contributed by atoms with Gasteiger partial charge in [0.2, 0.25) is 0 Å². The third-order valence-electron chi connectivity index (χ3n) is 6.11. The molecule has 6 aromatic rings. The molecule has 9 nitrogen and oxygen atoms in total. The maximum Gasteiger partial charge on any atom is 0.256 e. The van der Waals surface area contributed by atoms with Crippen LogP contribution in [0.15, 0.2) is 85.2 Å². The highest BCUT2D eigenvalue weighted by molar-refractivity contribution is 7.19. The number of para-hydroxylation sites is 1. The molecular formula is C28H24N8OS. The summed E-state index contributed by atoms with van der Waals surface area (Å²) in [6.45, 7) is 4.01. The Bertz CT molecular complexity index is 1770. The smallest absolute Gasteiger partial charge is 0.256 e. The zero-order valence-electron chi connectivity index (χ0n) is 20.7. The average molecular weight is 521 g/mol. The summed E-state index contributed by atoms with van der Waals surface area (Å²) in [5, 5.41) is 11.3. The predicted molar refractivity (Wildman–Crippen MR) is 151 cm³/mol. The molecule has 0 spiro atoms. The van der Waals surface area contributed by atoms with Crippen molar-refractivity contribution in [1.82, 2.24) is 24.1 Å². The number of hydrogen-bond acceptors (Lipinski definition) is 7. The molecule has 1 amide bonds. The van der Waals surface area contributed by atoms with Crippen LogP contribution in [0.1, 0.15) is 21.7 Å². The van der Waals surface area contributed by atoms with Gasteiger partial charge < -0.3 is 16.4 Å². The second-order valence-corrected chi connectivity index (χ2v) is 9.78. The van der Waals surface area contributed by atoms with Gasteiger partial charge in [0.1, 0.15) is 5.65 Å². The highest BCUT2D eigenvalue weighted by atomic mass is 32.1. The van der Waals surface area contributed by atoms with Gasteiger partial charge in [0.05, 0.1) is 39.5 Å². The Labute approximate surface area is 222 Å². The van der Waals surface area contributed by atoms with E-state index in [2.05, 4.69) is 25.1 Å². The van der Waals surface area contributed by atoms with Crippen molar-refractivity contribution in [3.8, 4) is 16.3 Å². The van der Waals surface area contributed by atoms with E-state index in [-0.39, 0.29) is 5.91 Å². The monoisotopic (exact) mass is 520 g/mol. The number of anilines is 4. The van der Waals surface area contributed by atoms with E-state index in [4.69, 9.17) is 10.7 Å². The SMILES string of the molecule is Cc1nc(Nc2ccc(C(=O)Nc3nn(-c4ccccc4)cc3N)cc2)sc1-c1c(C)nc2ccccn12. The summed E-state index contributed by atoms with van der Waals surface area (Å²) >= 11 is 1.57. The summed E-state index contributed by atoms with van der Waals surface area (Å²) in [4.78, 5) is 23.3. The molecule has 6 rings (SSSR count). The molecule has 0 aliphatic rings. The van der Waals surface area contributed by atoms with Crippen molar-refractivity contribution in [2.45, 2.75) is 13.8 Å². The summed E-state index contributed by atoms with van der Waals surface area (Å²) in [5.41, 5.74) is 12.5. The van der Waals surface area contributed by atoms with Gasteiger partial charge in [0.25, 0.3) is 5.91 Å². The van der Waals surface area contributed by atoms with Gasteiger partial charge >= 0.3 is 0 Å². The molecule has 0 saturated carbocycles. The van der Waals surface area contributed by atoms with Crippen LogP contribution in [0.5, 0.6) is 0 Å². The van der Waals surface area contributed by atoms with E-state index in [9.17, 15) is 4.79 Å². The van der Waals surface area contributed by atoms with Crippen LogP contribution < -0.4 is 16.4 Å². The fourth-order valence-corrected chi connectivity index (χ4v) is 5.34. The number of carbonyl (C=O) groups is 1. The van der Waals surface area contributed by atoms with Gasteiger partial charge in [-0.15, -0.1) is 5.10 Å². The van der Waals surface area contributed by atoms with Gasteiger partial charge in [-0.25, -0.2) is 14.6 Å². The van der Waals surface area contributed by atoms with Gasteiger partial charge in [0, 0.05) is 17.4 Å². The Balaban J connectivity index is 1.17. The number of benzene rings is 2. The molecule has 38 heavy (non-hydrogen) atoms. The third-order valence-corrected chi connectivity index (χ3v) is 7.19. The lowest BCUT2D eigenvalue weighted by Gasteiger charge is -2.06. The first-order chi connectivity index (χ1) is 18.5. The highest BCUT2D eigenvalue weighted by Gasteiger charge is 2.18. The topological polar surface area (TPSA) is 115 Å². The van der Waals surface area contributed by atoms with Crippen LogP contribution in [0.25, 0.3) is 21.9 Å². The molecule has 0 radical (unpaired) electrons. The highest BCUT2D eigenvalue weighted by Crippen LogP contribution is 2.36. The van der Waals surface area contributed by atoms with E-state index in [1.165, 1.54) is 0 Å². The predicted octanol–water partition coefficient (Wildman–Crippen LogP) is 5.84. The van der Waals surface area contributed by atoms with Gasteiger partial charge in [-0.2, -0.15) is 0 Å². The van der Waals surface area contributed by atoms with Crippen molar-refractivity contribution in [3.63, 3.8) is 0 Å². The molecule has 4 heterocycles. The minimum atomic E-state index is -0.294. The van der Waals surface area contributed by atoms with Crippen LogP contribution in [0.4, 0.5) is 22.3 Å². The first-order valence-corrected chi connectivity index (χ1v) is 12.8. The van der Waals surface area contributed by atoms with Gasteiger partial charge in [-0.05, 0) is 62.4 Å². The molecule has 0 bridgehead atoms. The van der Waals surface area contributed by atoms with Crippen molar-refractivity contribution >= 4 is 45.2 Å². The van der Waals surface area contributed by atoms with Crippen molar-refractivity contribution in [1.29, 1.82) is 0 Å². The first-order valence-electron chi connectivity index (χ1n) is 12.0.